The highest BCUT2D eigenvalue weighted by Crippen LogP contribution is 2.35. The molecule has 0 unspecified atom stereocenters. The Kier molecular flexibility index (Phi) is 4.71. The maximum absolute atomic E-state index is 13.1. The van der Waals surface area contributed by atoms with Gasteiger partial charge in [-0.2, -0.15) is 0 Å². The van der Waals surface area contributed by atoms with Crippen LogP contribution in [0.25, 0.3) is 0 Å². The molecule has 0 N–H and O–H groups in total. The summed E-state index contributed by atoms with van der Waals surface area (Å²) in [5.74, 6) is -0.763. The number of aryl methyl sites for hydroxylation is 2. The third kappa shape index (κ3) is 3.47. The van der Waals surface area contributed by atoms with E-state index in [4.69, 9.17) is 4.74 Å². The molecular weight excluding hydrogens is 338 g/mol. The van der Waals surface area contributed by atoms with E-state index in [1.807, 2.05) is 54.6 Å². The van der Waals surface area contributed by atoms with Crippen LogP contribution in [0.15, 0.2) is 78.9 Å². The normalized spacial score (nSPS) is 12.5. The fraction of sp³-hybridized carbons (Fsp3) is 0.130. The quantitative estimate of drug-likeness (QED) is 0.656. The van der Waals surface area contributed by atoms with Gasteiger partial charge in [-0.1, -0.05) is 54.6 Å². The molecule has 3 aromatic rings. The minimum absolute atomic E-state index is 0.263. The number of fused-ring (bicyclic) bond motifs is 2. The number of carbonyl (C=O) groups excluding carboxylic acids is 2. The number of amides is 1. The fourth-order valence-electron chi connectivity index (χ4n) is 3.40. The van der Waals surface area contributed by atoms with E-state index in [0.29, 0.717) is 5.56 Å². The number of ether oxygens (including phenoxy) is 1. The first-order valence-corrected chi connectivity index (χ1v) is 8.95. The number of hydrogen-bond donors (Lipinski definition) is 0. The van der Waals surface area contributed by atoms with Gasteiger partial charge in [0.2, 0.25) is 0 Å². The first kappa shape index (κ1) is 17.0. The summed E-state index contributed by atoms with van der Waals surface area (Å²) in [5.41, 5.74) is 4.35. The number of para-hydroxylation sites is 2. The average Bonchev–Trinajstić information content (AvgIpc) is 2.89. The first-order valence-electron chi connectivity index (χ1n) is 8.95. The Morgan fingerprint density at radius 2 is 1.26 bits per heavy atom. The smallest absolute Gasteiger partial charge is 0.338 e. The topological polar surface area (TPSA) is 46.6 Å². The molecule has 1 heterocycles. The molecule has 0 radical (unpaired) electrons. The third-order valence-electron chi connectivity index (χ3n) is 4.71. The molecule has 0 aliphatic carbocycles. The van der Waals surface area contributed by atoms with E-state index in [-0.39, 0.29) is 12.5 Å². The summed E-state index contributed by atoms with van der Waals surface area (Å²) >= 11 is 0. The molecule has 1 amide bonds. The van der Waals surface area contributed by atoms with Crippen LogP contribution in [-0.4, -0.2) is 18.5 Å². The van der Waals surface area contributed by atoms with Crippen molar-refractivity contribution in [1.82, 2.24) is 0 Å². The van der Waals surface area contributed by atoms with Crippen LogP contribution in [0.4, 0.5) is 11.4 Å². The van der Waals surface area contributed by atoms with Gasteiger partial charge in [-0.15, -0.1) is 0 Å². The molecule has 0 aromatic heterocycles. The second-order valence-electron chi connectivity index (χ2n) is 6.43. The summed E-state index contributed by atoms with van der Waals surface area (Å²) in [6, 6.07) is 24.4. The van der Waals surface area contributed by atoms with Gasteiger partial charge in [0.15, 0.2) is 6.61 Å². The van der Waals surface area contributed by atoms with E-state index in [1.54, 1.807) is 29.2 Å². The molecule has 0 fully saturated rings. The second kappa shape index (κ2) is 7.46. The van der Waals surface area contributed by atoms with Crippen molar-refractivity contribution >= 4 is 23.3 Å². The standard InChI is InChI=1S/C23H19NO3/c25-22(16-27-23(26)19-10-2-1-3-11-19)24-20-12-6-4-8-17(20)14-15-18-9-5-7-13-21(18)24/h1-13H,14-16H2. The molecule has 27 heavy (non-hydrogen) atoms. The van der Waals surface area contributed by atoms with Gasteiger partial charge in [0, 0.05) is 0 Å². The van der Waals surface area contributed by atoms with Crippen LogP contribution in [0.1, 0.15) is 21.5 Å². The SMILES string of the molecule is O=C(OCC(=O)N1c2ccccc2CCc2ccccc21)c1ccccc1. The number of nitrogens with zero attached hydrogens (tertiary/aromatic N) is 1. The highest BCUT2D eigenvalue weighted by molar-refractivity contribution is 6.04. The van der Waals surface area contributed by atoms with Crippen LogP contribution in [0.5, 0.6) is 0 Å². The first-order chi connectivity index (χ1) is 13.2. The summed E-state index contributed by atoms with van der Waals surface area (Å²) in [6.07, 6.45) is 1.72. The molecule has 0 bridgehead atoms. The molecule has 0 spiro atoms. The van der Waals surface area contributed by atoms with Gasteiger partial charge < -0.3 is 4.74 Å². The van der Waals surface area contributed by atoms with E-state index in [0.717, 1.165) is 35.3 Å². The predicted molar refractivity (Wildman–Crippen MR) is 104 cm³/mol. The molecule has 134 valence electrons. The number of esters is 1. The van der Waals surface area contributed by atoms with Crippen LogP contribution >= 0.6 is 0 Å². The van der Waals surface area contributed by atoms with Crippen molar-refractivity contribution in [3.8, 4) is 0 Å². The lowest BCUT2D eigenvalue weighted by atomic mass is 10.0. The summed E-state index contributed by atoms with van der Waals surface area (Å²) in [7, 11) is 0. The van der Waals surface area contributed by atoms with E-state index >= 15 is 0 Å². The third-order valence-corrected chi connectivity index (χ3v) is 4.71. The molecule has 4 heteroatoms. The minimum Gasteiger partial charge on any atom is -0.452 e. The van der Waals surface area contributed by atoms with E-state index < -0.39 is 5.97 Å². The maximum atomic E-state index is 13.1. The van der Waals surface area contributed by atoms with Crippen molar-refractivity contribution in [3.05, 3.63) is 95.6 Å². The number of anilines is 2. The fourth-order valence-corrected chi connectivity index (χ4v) is 3.40. The van der Waals surface area contributed by atoms with Gasteiger partial charge in [0.05, 0.1) is 16.9 Å². The zero-order valence-corrected chi connectivity index (χ0v) is 14.8. The Morgan fingerprint density at radius 3 is 1.85 bits per heavy atom. The summed E-state index contributed by atoms with van der Waals surface area (Å²) in [6.45, 7) is -0.309. The molecule has 3 aromatic carbocycles. The number of benzene rings is 3. The summed E-state index contributed by atoms with van der Waals surface area (Å²) in [4.78, 5) is 26.9. The lowest BCUT2D eigenvalue weighted by Gasteiger charge is -2.24. The molecule has 1 aliphatic rings. The van der Waals surface area contributed by atoms with Crippen molar-refractivity contribution < 1.29 is 14.3 Å². The highest BCUT2D eigenvalue weighted by atomic mass is 16.5. The van der Waals surface area contributed by atoms with Crippen LogP contribution in [0.3, 0.4) is 0 Å². The molecule has 0 saturated heterocycles. The predicted octanol–water partition coefficient (Wildman–Crippen LogP) is 4.31. The van der Waals surface area contributed by atoms with Crippen molar-refractivity contribution in [2.45, 2.75) is 12.8 Å². The van der Waals surface area contributed by atoms with E-state index in [1.165, 1.54) is 0 Å². The minimum atomic E-state index is -0.500. The van der Waals surface area contributed by atoms with Gasteiger partial charge in [-0.3, -0.25) is 9.69 Å². The molecule has 4 rings (SSSR count). The maximum Gasteiger partial charge on any atom is 0.338 e. The van der Waals surface area contributed by atoms with E-state index in [2.05, 4.69) is 0 Å². The van der Waals surface area contributed by atoms with Crippen molar-refractivity contribution in [2.75, 3.05) is 11.5 Å². The van der Waals surface area contributed by atoms with Crippen molar-refractivity contribution in [2.24, 2.45) is 0 Å². The Bertz CT molecular complexity index is 934. The van der Waals surface area contributed by atoms with Gasteiger partial charge in [0.1, 0.15) is 0 Å². The Labute approximate surface area is 158 Å². The zero-order chi connectivity index (χ0) is 18.6. The number of rotatable bonds is 3. The molecule has 0 saturated carbocycles. The van der Waals surface area contributed by atoms with Crippen LogP contribution < -0.4 is 4.90 Å². The Morgan fingerprint density at radius 1 is 0.741 bits per heavy atom. The highest BCUT2D eigenvalue weighted by Gasteiger charge is 2.26. The number of hydrogen-bond acceptors (Lipinski definition) is 3. The van der Waals surface area contributed by atoms with Crippen LogP contribution in [0, 0.1) is 0 Å². The zero-order valence-electron chi connectivity index (χ0n) is 14.8. The van der Waals surface area contributed by atoms with Gasteiger partial charge in [0.25, 0.3) is 5.91 Å². The monoisotopic (exact) mass is 357 g/mol. The molecular formula is C23H19NO3. The van der Waals surface area contributed by atoms with E-state index in [9.17, 15) is 9.59 Å². The molecule has 1 aliphatic heterocycles. The molecule has 0 atom stereocenters. The number of carbonyl (C=O) groups is 2. The summed E-state index contributed by atoms with van der Waals surface area (Å²) < 4.78 is 5.28. The largest absolute Gasteiger partial charge is 0.452 e. The van der Waals surface area contributed by atoms with Gasteiger partial charge in [-0.25, -0.2) is 4.79 Å². The van der Waals surface area contributed by atoms with Crippen molar-refractivity contribution in [1.29, 1.82) is 0 Å². The van der Waals surface area contributed by atoms with Gasteiger partial charge in [-0.05, 0) is 48.2 Å². The summed E-state index contributed by atoms with van der Waals surface area (Å²) in [5, 5.41) is 0. The Hall–Kier alpha value is -3.40. The Balaban J connectivity index is 1.62. The lowest BCUT2D eigenvalue weighted by molar-refractivity contribution is -0.120. The van der Waals surface area contributed by atoms with Crippen LogP contribution in [-0.2, 0) is 22.4 Å². The second-order valence-corrected chi connectivity index (χ2v) is 6.43. The molecule has 4 nitrogen and oxygen atoms in total. The lowest BCUT2D eigenvalue weighted by Crippen LogP contribution is -2.31. The van der Waals surface area contributed by atoms with Gasteiger partial charge >= 0.3 is 5.97 Å². The van der Waals surface area contributed by atoms with Crippen LogP contribution in [0.2, 0.25) is 0 Å². The van der Waals surface area contributed by atoms with Crippen molar-refractivity contribution in [3.63, 3.8) is 0 Å². The average molecular weight is 357 g/mol.